The number of carbonyl (C=O) groups excluding carboxylic acids is 1. The van der Waals surface area contributed by atoms with Crippen molar-refractivity contribution in [3.8, 4) is 5.75 Å². The molecule has 0 atom stereocenters. The maximum absolute atomic E-state index is 12.7. The summed E-state index contributed by atoms with van der Waals surface area (Å²) < 4.78 is 11.4. The molecule has 6 nitrogen and oxygen atoms in total. The van der Waals surface area contributed by atoms with Crippen LogP contribution in [0.3, 0.4) is 0 Å². The molecule has 1 saturated carbocycles. The highest BCUT2D eigenvalue weighted by atomic mass is 16.5. The van der Waals surface area contributed by atoms with Crippen LogP contribution in [0.5, 0.6) is 5.75 Å². The van der Waals surface area contributed by atoms with E-state index in [1.165, 1.54) is 32.1 Å². The van der Waals surface area contributed by atoms with E-state index < -0.39 is 5.60 Å². The van der Waals surface area contributed by atoms with Crippen LogP contribution >= 0.6 is 0 Å². The Bertz CT molecular complexity index is 917. The van der Waals surface area contributed by atoms with Gasteiger partial charge < -0.3 is 14.4 Å². The van der Waals surface area contributed by atoms with E-state index in [1.807, 2.05) is 35.4 Å². The summed E-state index contributed by atoms with van der Waals surface area (Å²) in [7, 11) is 1.64. The van der Waals surface area contributed by atoms with Gasteiger partial charge in [-0.2, -0.15) is 0 Å². The number of ether oxygens (including phenoxy) is 2. The molecule has 0 unspecified atom stereocenters. The SMILES string of the molecule is COc1cccc(CC(=O)N2CC3(C2)OCc2nc(C4CCCCC4)ncc23)c1. The number of hydrogen-bond acceptors (Lipinski definition) is 5. The van der Waals surface area contributed by atoms with Crippen LogP contribution < -0.4 is 4.74 Å². The molecular formula is C23H27N3O3. The number of amides is 1. The summed E-state index contributed by atoms with van der Waals surface area (Å²) in [5.74, 6) is 2.36. The minimum atomic E-state index is -0.412. The van der Waals surface area contributed by atoms with Crippen LogP contribution in [0.2, 0.25) is 0 Å². The van der Waals surface area contributed by atoms with Gasteiger partial charge in [-0.25, -0.2) is 9.97 Å². The Labute approximate surface area is 171 Å². The number of rotatable bonds is 4. The Balaban J connectivity index is 1.25. The third-order valence-electron chi connectivity index (χ3n) is 6.57. The largest absolute Gasteiger partial charge is 0.497 e. The van der Waals surface area contributed by atoms with E-state index in [9.17, 15) is 4.79 Å². The van der Waals surface area contributed by atoms with Gasteiger partial charge in [0.1, 0.15) is 17.2 Å². The summed E-state index contributed by atoms with van der Waals surface area (Å²) in [5.41, 5.74) is 2.64. The van der Waals surface area contributed by atoms with Crippen molar-refractivity contribution in [2.24, 2.45) is 0 Å². The van der Waals surface area contributed by atoms with Gasteiger partial charge in [-0.15, -0.1) is 0 Å². The zero-order valence-electron chi connectivity index (χ0n) is 16.9. The van der Waals surface area contributed by atoms with Gasteiger partial charge in [-0.1, -0.05) is 31.4 Å². The Morgan fingerprint density at radius 1 is 1.28 bits per heavy atom. The fourth-order valence-corrected chi connectivity index (χ4v) is 4.84. The standard InChI is InChI=1S/C23H27N3O3/c1-28-18-9-5-6-16(10-18)11-21(27)26-14-23(15-26)19-12-24-22(25-20(19)13-29-23)17-7-3-2-4-8-17/h5-6,9-10,12,17H,2-4,7-8,11,13-15H2,1H3. The number of hydrogen-bond donors (Lipinski definition) is 0. The van der Waals surface area contributed by atoms with Crippen molar-refractivity contribution in [1.29, 1.82) is 0 Å². The summed E-state index contributed by atoms with van der Waals surface area (Å²) in [4.78, 5) is 24.1. The van der Waals surface area contributed by atoms with Crippen molar-refractivity contribution < 1.29 is 14.3 Å². The molecule has 1 spiro atoms. The molecule has 1 saturated heterocycles. The molecule has 2 fully saturated rings. The van der Waals surface area contributed by atoms with Crippen molar-refractivity contribution in [3.05, 3.63) is 53.1 Å². The molecule has 3 heterocycles. The fourth-order valence-electron chi connectivity index (χ4n) is 4.84. The van der Waals surface area contributed by atoms with Gasteiger partial charge in [0.2, 0.25) is 5.91 Å². The number of aromatic nitrogens is 2. The lowest BCUT2D eigenvalue weighted by molar-refractivity contribution is -0.168. The topological polar surface area (TPSA) is 64.5 Å². The highest BCUT2D eigenvalue weighted by molar-refractivity contribution is 5.80. The maximum atomic E-state index is 12.7. The van der Waals surface area contributed by atoms with Gasteiger partial charge >= 0.3 is 0 Å². The Hall–Kier alpha value is -2.47. The Kier molecular flexibility index (Phi) is 4.74. The van der Waals surface area contributed by atoms with Gasteiger partial charge in [0.05, 0.1) is 38.9 Å². The molecule has 1 aromatic carbocycles. The predicted molar refractivity (Wildman–Crippen MR) is 108 cm³/mol. The lowest BCUT2D eigenvalue weighted by Crippen LogP contribution is -2.61. The van der Waals surface area contributed by atoms with E-state index in [1.54, 1.807) is 7.11 Å². The van der Waals surface area contributed by atoms with Gasteiger partial charge in [0.25, 0.3) is 0 Å². The minimum Gasteiger partial charge on any atom is -0.497 e. The lowest BCUT2D eigenvalue weighted by atomic mass is 9.86. The summed E-state index contributed by atoms with van der Waals surface area (Å²) in [5, 5.41) is 0. The second-order valence-corrected chi connectivity index (χ2v) is 8.48. The Morgan fingerprint density at radius 3 is 2.90 bits per heavy atom. The van der Waals surface area contributed by atoms with E-state index in [0.717, 1.165) is 28.4 Å². The summed E-state index contributed by atoms with van der Waals surface area (Å²) in [6.07, 6.45) is 8.59. The molecule has 5 rings (SSSR count). The summed E-state index contributed by atoms with van der Waals surface area (Å²) >= 11 is 0. The minimum absolute atomic E-state index is 0.112. The second-order valence-electron chi connectivity index (χ2n) is 8.48. The molecule has 2 aromatic rings. The van der Waals surface area contributed by atoms with Crippen LogP contribution in [0.4, 0.5) is 0 Å². The van der Waals surface area contributed by atoms with E-state index in [4.69, 9.17) is 19.4 Å². The maximum Gasteiger partial charge on any atom is 0.227 e. The van der Waals surface area contributed by atoms with Gasteiger partial charge in [0.15, 0.2) is 0 Å². The molecule has 1 aliphatic carbocycles. The van der Waals surface area contributed by atoms with Crippen LogP contribution in [0, 0.1) is 0 Å². The molecule has 152 valence electrons. The normalized spacial score (nSPS) is 20.4. The molecule has 0 radical (unpaired) electrons. The third kappa shape index (κ3) is 3.39. The second kappa shape index (κ2) is 7.41. The zero-order chi connectivity index (χ0) is 19.8. The lowest BCUT2D eigenvalue weighted by Gasteiger charge is -2.47. The molecule has 1 amide bonds. The van der Waals surface area contributed by atoms with Crippen molar-refractivity contribution in [3.63, 3.8) is 0 Å². The highest BCUT2D eigenvalue weighted by Crippen LogP contribution is 2.43. The van der Waals surface area contributed by atoms with Crippen molar-refractivity contribution in [1.82, 2.24) is 14.9 Å². The monoisotopic (exact) mass is 393 g/mol. The van der Waals surface area contributed by atoms with Crippen LogP contribution in [-0.4, -0.2) is 41.0 Å². The first kappa shape index (κ1) is 18.6. The smallest absolute Gasteiger partial charge is 0.227 e. The van der Waals surface area contributed by atoms with Crippen LogP contribution in [0.1, 0.15) is 60.7 Å². The number of benzene rings is 1. The predicted octanol–water partition coefficient (Wildman–Crippen LogP) is 3.34. The Morgan fingerprint density at radius 2 is 2.10 bits per heavy atom. The first-order valence-corrected chi connectivity index (χ1v) is 10.6. The van der Waals surface area contributed by atoms with Gasteiger partial charge in [0, 0.05) is 17.7 Å². The molecule has 2 aliphatic heterocycles. The number of likely N-dealkylation sites (tertiary alicyclic amines) is 1. The molecule has 3 aliphatic rings. The third-order valence-corrected chi connectivity index (χ3v) is 6.57. The summed E-state index contributed by atoms with van der Waals surface area (Å²) in [6, 6.07) is 7.67. The molecular weight excluding hydrogens is 366 g/mol. The average molecular weight is 393 g/mol. The highest BCUT2D eigenvalue weighted by Gasteiger charge is 2.52. The number of carbonyl (C=O) groups is 1. The first-order chi connectivity index (χ1) is 14.2. The van der Waals surface area contributed by atoms with Crippen LogP contribution in [0.25, 0.3) is 0 Å². The van der Waals surface area contributed by atoms with Crippen molar-refractivity contribution in [2.45, 2.75) is 56.7 Å². The van der Waals surface area contributed by atoms with Crippen molar-refractivity contribution in [2.75, 3.05) is 20.2 Å². The van der Waals surface area contributed by atoms with E-state index in [0.29, 0.717) is 32.0 Å². The number of fused-ring (bicyclic) bond motifs is 2. The van der Waals surface area contributed by atoms with Crippen LogP contribution in [-0.2, 0) is 28.2 Å². The number of nitrogens with zero attached hydrogens (tertiary/aromatic N) is 3. The van der Waals surface area contributed by atoms with Gasteiger partial charge in [-0.05, 0) is 30.5 Å². The van der Waals surface area contributed by atoms with E-state index in [2.05, 4.69) is 0 Å². The molecule has 0 N–H and O–H groups in total. The first-order valence-electron chi connectivity index (χ1n) is 10.6. The zero-order valence-corrected chi connectivity index (χ0v) is 16.9. The molecule has 6 heteroatoms. The van der Waals surface area contributed by atoms with Crippen molar-refractivity contribution >= 4 is 5.91 Å². The number of methoxy groups -OCH3 is 1. The fraction of sp³-hybridized carbons (Fsp3) is 0.522. The quantitative estimate of drug-likeness (QED) is 0.797. The molecule has 1 aromatic heterocycles. The summed E-state index contributed by atoms with van der Waals surface area (Å²) in [6.45, 7) is 1.68. The van der Waals surface area contributed by atoms with Crippen LogP contribution in [0.15, 0.2) is 30.5 Å². The molecule has 29 heavy (non-hydrogen) atoms. The average Bonchev–Trinajstić information content (AvgIpc) is 3.12. The van der Waals surface area contributed by atoms with Gasteiger partial charge in [-0.3, -0.25) is 4.79 Å². The van der Waals surface area contributed by atoms with E-state index in [-0.39, 0.29) is 5.91 Å². The molecule has 0 bridgehead atoms. The van der Waals surface area contributed by atoms with E-state index >= 15 is 0 Å².